The minimum atomic E-state index is -0.112. The number of hydrogen-bond acceptors (Lipinski definition) is 3. The molecule has 0 bridgehead atoms. The lowest BCUT2D eigenvalue weighted by molar-refractivity contribution is -0.134. The maximum atomic E-state index is 11.9. The van der Waals surface area contributed by atoms with Gasteiger partial charge in [-0.1, -0.05) is 20.8 Å². The zero-order chi connectivity index (χ0) is 11.6. The Hall–Kier alpha value is -0.880. The molecule has 0 aromatic rings. The highest BCUT2D eigenvalue weighted by molar-refractivity contribution is 5.86. The monoisotopic (exact) mass is 208 g/mol. The van der Waals surface area contributed by atoms with Gasteiger partial charge in [0.1, 0.15) is 0 Å². The number of rotatable bonds is 2. The zero-order valence-electron chi connectivity index (χ0n) is 10.0. The number of carbonyl (C=O) groups is 1. The summed E-state index contributed by atoms with van der Waals surface area (Å²) in [6, 6.07) is 2.07. The van der Waals surface area contributed by atoms with Crippen molar-refractivity contribution in [2.45, 2.75) is 46.2 Å². The van der Waals surface area contributed by atoms with Gasteiger partial charge in [0, 0.05) is 12.5 Å². The standard InChI is InChI=1S/C12H20N2O/c1-5-11(6-13)14-7-8(2)9(3)12(15)10(14)4/h8-11H,5,7H2,1-4H3. The molecule has 0 aromatic heterocycles. The molecule has 0 radical (unpaired) electrons. The second-order valence-corrected chi connectivity index (χ2v) is 4.59. The van der Waals surface area contributed by atoms with Gasteiger partial charge >= 0.3 is 0 Å². The molecule has 0 aliphatic carbocycles. The Morgan fingerprint density at radius 3 is 2.60 bits per heavy atom. The second-order valence-electron chi connectivity index (χ2n) is 4.59. The van der Waals surface area contributed by atoms with Crippen LogP contribution in [0, 0.1) is 23.2 Å². The lowest BCUT2D eigenvalue weighted by Crippen LogP contribution is -2.54. The van der Waals surface area contributed by atoms with Crippen LogP contribution in [0.5, 0.6) is 0 Å². The van der Waals surface area contributed by atoms with Crippen molar-refractivity contribution in [3.63, 3.8) is 0 Å². The number of nitrogens with zero attached hydrogens (tertiary/aromatic N) is 2. The summed E-state index contributed by atoms with van der Waals surface area (Å²) in [6.07, 6.45) is 0.787. The van der Waals surface area contributed by atoms with E-state index in [9.17, 15) is 4.79 Å². The molecule has 0 spiro atoms. The first-order valence-corrected chi connectivity index (χ1v) is 5.72. The number of likely N-dealkylation sites (tertiary alicyclic amines) is 1. The molecule has 1 heterocycles. The van der Waals surface area contributed by atoms with Gasteiger partial charge in [-0.2, -0.15) is 5.26 Å². The predicted octanol–water partition coefficient (Wildman–Crippen LogP) is 1.83. The van der Waals surface area contributed by atoms with Gasteiger partial charge in [-0.15, -0.1) is 0 Å². The summed E-state index contributed by atoms with van der Waals surface area (Å²) in [5.41, 5.74) is 0. The Morgan fingerprint density at radius 1 is 1.53 bits per heavy atom. The minimum Gasteiger partial charge on any atom is -0.298 e. The maximum Gasteiger partial charge on any atom is 0.152 e. The van der Waals surface area contributed by atoms with Crippen molar-refractivity contribution in [1.82, 2.24) is 4.90 Å². The smallest absolute Gasteiger partial charge is 0.152 e. The summed E-state index contributed by atoms with van der Waals surface area (Å²) < 4.78 is 0. The fraction of sp³-hybridized carbons (Fsp3) is 0.833. The quantitative estimate of drug-likeness (QED) is 0.695. The molecule has 3 heteroatoms. The molecule has 4 unspecified atom stereocenters. The predicted molar refractivity (Wildman–Crippen MR) is 59.2 cm³/mol. The van der Waals surface area contributed by atoms with Gasteiger partial charge in [0.2, 0.25) is 0 Å². The maximum absolute atomic E-state index is 11.9. The van der Waals surface area contributed by atoms with Crippen LogP contribution in [-0.4, -0.2) is 29.3 Å². The molecule has 1 rings (SSSR count). The Balaban J connectivity index is 2.84. The number of Topliss-reactive ketones (excluding diaryl/α,β-unsaturated/α-hetero) is 1. The molecule has 0 N–H and O–H groups in total. The van der Waals surface area contributed by atoms with E-state index >= 15 is 0 Å². The molecule has 1 aliphatic heterocycles. The molecular weight excluding hydrogens is 188 g/mol. The first kappa shape index (κ1) is 12.2. The van der Waals surface area contributed by atoms with E-state index in [1.54, 1.807) is 0 Å². The van der Waals surface area contributed by atoms with Gasteiger partial charge in [0.25, 0.3) is 0 Å². The lowest BCUT2D eigenvalue weighted by atomic mass is 9.83. The van der Waals surface area contributed by atoms with E-state index in [0.717, 1.165) is 13.0 Å². The van der Waals surface area contributed by atoms with Crippen LogP contribution >= 0.6 is 0 Å². The molecule has 84 valence electrons. The van der Waals surface area contributed by atoms with E-state index in [2.05, 4.69) is 13.0 Å². The van der Waals surface area contributed by atoms with Crippen LogP contribution in [0.25, 0.3) is 0 Å². The van der Waals surface area contributed by atoms with Crippen LogP contribution in [0.3, 0.4) is 0 Å². The molecule has 1 saturated heterocycles. The van der Waals surface area contributed by atoms with Crippen LogP contribution in [0.4, 0.5) is 0 Å². The van der Waals surface area contributed by atoms with Crippen molar-refractivity contribution < 1.29 is 4.79 Å². The third-order valence-electron chi connectivity index (χ3n) is 3.65. The number of nitriles is 1. The van der Waals surface area contributed by atoms with Crippen molar-refractivity contribution in [2.75, 3.05) is 6.54 Å². The number of carbonyl (C=O) groups excluding carboxylic acids is 1. The van der Waals surface area contributed by atoms with Crippen molar-refractivity contribution in [3.8, 4) is 6.07 Å². The largest absolute Gasteiger partial charge is 0.298 e. The number of ketones is 1. The van der Waals surface area contributed by atoms with E-state index in [-0.39, 0.29) is 23.8 Å². The Morgan fingerprint density at radius 2 is 2.13 bits per heavy atom. The molecule has 3 nitrogen and oxygen atoms in total. The second kappa shape index (κ2) is 4.76. The molecule has 1 aliphatic rings. The van der Waals surface area contributed by atoms with E-state index in [1.807, 2.05) is 25.7 Å². The summed E-state index contributed by atoms with van der Waals surface area (Å²) >= 11 is 0. The van der Waals surface area contributed by atoms with Crippen molar-refractivity contribution in [1.29, 1.82) is 5.26 Å². The van der Waals surface area contributed by atoms with Gasteiger partial charge in [0.15, 0.2) is 5.78 Å². The number of hydrogen-bond donors (Lipinski definition) is 0. The fourth-order valence-electron chi connectivity index (χ4n) is 2.27. The van der Waals surface area contributed by atoms with Crippen molar-refractivity contribution >= 4 is 5.78 Å². The minimum absolute atomic E-state index is 0.0965. The van der Waals surface area contributed by atoms with Gasteiger partial charge in [-0.25, -0.2) is 0 Å². The average Bonchev–Trinajstić information content (AvgIpc) is 2.24. The summed E-state index contributed by atoms with van der Waals surface area (Å²) in [7, 11) is 0. The van der Waals surface area contributed by atoms with Crippen LogP contribution in [0.1, 0.15) is 34.1 Å². The van der Waals surface area contributed by atoms with Gasteiger partial charge < -0.3 is 0 Å². The summed E-state index contributed by atoms with van der Waals surface area (Å²) in [5, 5.41) is 9.03. The third-order valence-corrected chi connectivity index (χ3v) is 3.65. The zero-order valence-corrected chi connectivity index (χ0v) is 10.0. The number of piperidine rings is 1. The molecule has 0 aromatic carbocycles. The molecule has 0 amide bonds. The Bertz CT molecular complexity index is 282. The van der Waals surface area contributed by atoms with Gasteiger partial charge in [-0.3, -0.25) is 9.69 Å². The summed E-state index contributed by atoms with van der Waals surface area (Å²) in [6.45, 7) is 8.86. The van der Waals surface area contributed by atoms with E-state index in [4.69, 9.17) is 5.26 Å². The normalized spacial score (nSPS) is 34.9. The molecular formula is C12H20N2O. The first-order valence-electron chi connectivity index (χ1n) is 5.72. The average molecular weight is 208 g/mol. The fourth-order valence-corrected chi connectivity index (χ4v) is 2.27. The first-order chi connectivity index (χ1) is 7.02. The van der Waals surface area contributed by atoms with Crippen LogP contribution in [0.2, 0.25) is 0 Å². The SMILES string of the molecule is CCC(C#N)N1CC(C)C(C)C(=O)C1C. The lowest BCUT2D eigenvalue weighted by Gasteiger charge is -2.41. The Kier molecular flexibility index (Phi) is 3.87. The highest BCUT2D eigenvalue weighted by Gasteiger charge is 2.38. The van der Waals surface area contributed by atoms with E-state index in [1.165, 1.54) is 0 Å². The van der Waals surface area contributed by atoms with Gasteiger partial charge in [-0.05, 0) is 19.3 Å². The summed E-state index contributed by atoms with van der Waals surface area (Å²) in [5.74, 6) is 0.769. The van der Waals surface area contributed by atoms with Crippen molar-refractivity contribution in [2.24, 2.45) is 11.8 Å². The van der Waals surface area contributed by atoms with Crippen LogP contribution < -0.4 is 0 Å². The van der Waals surface area contributed by atoms with Gasteiger partial charge in [0.05, 0.1) is 18.2 Å². The Labute approximate surface area is 92.1 Å². The van der Waals surface area contributed by atoms with Crippen LogP contribution in [0.15, 0.2) is 0 Å². The van der Waals surface area contributed by atoms with Crippen molar-refractivity contribution in [3.05, 3.63) is 0 Å². The topological polar surface area (TPSA) is 44.1 Å². The molecule has 1 fully saturated rings. The van der Waals surface area contributed by atoms with E-state index in [0.29, 0.717) is 5.92 Å². The van der Waals surface area contributed by atoms with E-state index < -0.39 is 0 Å². The highest BCUT2D eigenvalue weighted by Crippen LogP contribution is 2.26. The van der Waals surface area contributed by atoms with Crippen LogP contribution in [-0.2, 0) is 4.79 Å². The molecule has 0 saturated carbocycles. The molecule has 15 heavy (non-hydrogen) atoms. The third kappa shape index (κ3) is 2.21. The highest BCUT2D eigenvalue weighted by atomic mass is 16.1. The summed E-state index contributed by atoms with van der Waals surface area (Å²) in [4.78, 5) is 14.0. The molecule has 4 atom stereocenters.